The summed E-state index contributed by atoms with van der Waals surface area (Å²) in [7, 11) is 0. The Morgan fingerprint density at radius 3 is 2.51 bits per heavy atom. The van der Waals surface area contributed by atoms with Crippen LogP contribution in [0.3, 0.4) is 0 Å². The number of para-hydroxylation sites is 1. The van der Waals surface area contributed by atoms with Crippen molar-refractivity contribution in [3.8, 4) is 11.4 Å². The predicted octanol–water partition coefficient (Wildman–Crippen LogP) is 4.38. The van der Waals surface area contributed by atoms with Crippen LogP contribution in [0.15, 0.2) is 71.3 Å². The van der Waals surface area contributed by atoms with Crippen molar-refractivity contribution >= 4 is 17.5 Å². The fourth-order valence-electron chi connectivity index (χ4n) is 4.75. The third-order valence-electron chi connectivity index (χ3n) is 6.70. The number of amides is 2. The minimum absolute atomic E-state index is 0.0906. The van der Waals surface area contributed by atoms with E-state index in [2.05, 4.69) is 20.7 Å². The highest BCUT2D eigenvalue weighted by Gasteiger charge is 2.37. The summed E-state index contributed by atoms with van der Waals surface area (Å²) in [5.41, 5.74) is 3.41. The zero-order valence-corrected chi connectivity index (χ0v) is 21.0. The quantitative estimate of drug-likeness (QED) is 0.386. The van der Waals surface area contributed by atoms with Gasteiger partial charge in [0.15, 0.2) is 6.04 Å². The lowest BCUT2D eigenvalue weighted by Gasteiger charge is -2.31. The van der Waals surface area contributed by atoms with Crippen LogP contribution in [0.2, 0.25) is 0 Å². The van der Waals surface area contributed by atoms with Crippen LogP contribution in [-0.4, -0.2) is 38.1 Å². The van der Waals surface area contributed by atoms with Crippen LogP contribution in [0, 0.1) is 13.8 Å². The lowest BCUT2D eigenvalue weighted by atomic mass is 10.1. The van der Waals surface area contributed by atoms with Gasteiger partial charge in [0.25, 0.3) is 11.8 Å². The molecule has 9 heteroatoms. The number of carbonyl (C=O) groups is 2. The molecule has 1 N–H and O–H groups in total. The fourth-order valence-corrected chi connectivity index (χ4v) is 4.75. The van der Waals surface area contributed by atoms with Gasteiger partial charge in [-0.05, 0) is 55.7 Å². The molecule has 190 valence electrons. The van der Waals surface area contributed by atoms with Gasteiger partial charge in [0.1, 0.15) is 12.3 Å². The van der Waals surface area contributed by atoms with Crippen molar-refractivity contribution in [2.75, 3.05) is 4.90 Å². The zero-order valence-electron chi connectivity index (χ0n) is 21.0. The van der Waals surface area contributed by atoms with E-state index < -0.39 is 6.04 Å². The standard InChI is InChI=1S/C28H30N6O3/c1-19-13-15-21(16-14-19)27-30-32-33(31-27)18-25(35)34(23-11-6-3-8-20(23)2)26(24-12-7-17-37-24)28(36)29-22-9-4-5-10-22/h3,6-8,11-17,22,26H,4-5,9-10,18H2,1-2H3,(H,29,36)/t26-/m0/s1. The van der Waals surface area contributed by atoms with E-state index in [-0.39, 0.29) is 24.4 Å². The van der Waals surface area contributed by atoms with Gasteiger partial charge in [0.05, 0.1) is 6.26 Å². The number of nitrogens with one attached hydrogen (secondary N) is 1. The Bertz CT molecular complexity index is 1360. The van der Waals surface area contributed by atoms with Gasteiger partial charge in [-0.2, -0.15) is 4.80 Å². The number of hydrogen-bond donors (Lipinski definition) is 1. The number of furan rings is 1. The molecule has 0 unspecified atom stereocenters. The molecule has 2 aromatic carbocycles. The molecule has 0 radical (unpaired) electrons. The van der Waals surface area contributed by atoms with E-state index in [4.69, 9.17) is 4.42 Å². The number of carbonyl (C=O) groups excluding carboxylic acids is 2. The molecular formula is C28H30N6O3. The molecule has 37 heavy (non-hydrogen) atoms. The van der Waals surface area contributed by atoms with Crippen LogP contribution in [-0.2, 0) is 16.1 Å². The van der Waals surface area contributed by atoms with Crippen molar-refractivity contribution in [1.82, 2.24) is 25.5 Å². The molecule has 2 aromatic heterocycles. The number of nitrogens with zero attached hydrogens (tertiary/aromatic N) is 5. The molecule has 1 fully saturated rings. The fraction of sp³-hybridized carbons (Fsp3) is 0.321. The largest absolute Gasteiger partial charge is 0.467 e. The van der Waals surface area contributed by atoms with Gasteiger partial charge in [0, 0.05) is 17.3 Å². The number of rotatable bonds is 8. The van der Waals surface area contributed by atoms with Crippen molar-refractivity contribution in [2.45, 2.75) is 58.2 Å². The lowest BCUT2D eigenvalue weighted by molar-refractivity contribution is -0.128. The summed E-state index contributed by atoms with van der Waals surface area (Å²) in [6.07, 6.45) is 5.54. The van der Waals surface area contributed by atoms with E-state index in [1.54, 1.807) is 12.1 Å². The summed E-state index contributed by atoms with van der Waals surface area (Å²) in [4.78, 5) is 30.3. The molecule has 1 aliphatic rings. The van der Waals surface area contributed by atoms with E-state index in [0.29, 0.717) is 17.3 Å². The Balaban J connectivity index is 1.48. The zero-order chi connectivity index (χ0) is 25.8. The second-order valence-corrected chi connectivity index (χ2v) is 9.47. The first-order chi connectivity index (χ1) is 18.0. The monoisotopic (exact) mass is 498 g/mol. The van der Waals surface area contributed by atoms with Gasteiger partial charge in [0.2, 0.25) is 5.82 Å². The van der Waals surface area contributed by atoms with E-state index >= 15 is 0 Å². The Hall–Kier alpha value is -4.27. The Kier molecular flexibility index (Phi) is 7.11. The summed E-state index contributed by atoms with van der Waals surface area (Å²) < 4.78 is 5.69. The van der Waals surface area contributed by atoms with E-state index in [1.807, 2.05) is 62.4 Å². The molecule has 9 nitrogen and oxygen atoms in total. The predicted molar refractivity (Wildman–Crippen MR) is 139 cm³/mol. The average molecular weight is 499 g/mol. The third-order valence-corrected chi connectivity index (χ3v) is 6.70. The van der Waals surface area contributed by atoms with E-state index in [0.717, 1.165) is 42.4 Å². The van der Waals surface area contributed by atoms with Gasteiger partial charge >= 0.3 is 0 Å². The highest BCUT2D eigenvalue weighted by atomic mass is 16.3. The summed E-state index contributed by atoms with van der Waals surface area (Å²) in [6.45, 7) is 3.72. The molecular weight excluding hydrogens is 468 g/mol. The summed E-state index contributed by atoms with van der Waals surface area (Å²) in [5.74, 6) is 0.186. The molecule has 0 bridgehead atoms. The highest BCUT2D eigenvalue weighted by molar-refractivity contribution is 6.01. The van der Waals surface area contributed by atoms with Crippen LogP contribution in [0.1, 0.15) is 48.6 Å². The van der Waals surface area contributed by atoms with Crippen LogP contribution < -0.4 is 10.2 Å². The van der Waals surface area contributed by atoms with E-state index in [9.17, 15) is 9.59 Å². The van der Waals surface area contributed by atoms with Crippen molar-refractivity contribution in [3.05, 3.63) is 83.8 Å². The lowest BCUT2D eigenvalue weighted by Crippen LogP contribution is -2.47. The van der Waals surface area contributed by atoms with Crippen LogP contribution in [0.25, 0.3) is 11.4 Å². The molecule has 2 heterocycles. The number of aryl methyl sites for hydroxylation is 2. The number of benzene rings is 2. The molecule has 4 aromatic rings. The molecule has 0 spiro atoms. The molecule has 5 rings (SSSR count). The first-order valence-corrected chi connectivity index (χ1v) is 12.6. The Labute approximate surface area is 215 Å². The van der Waals surface area contributed by atoms with E-state index in [1.165, 1.54) is 16.0 Å². The van der Waals surface area contributed by atoms with Crippen molar-refractivity contribution < 1.29 is 14.0 Å². The van der Waals surface area contributed by atoms with Crippen molar-refractivity contribution in [3.63, 3.8) is 0 Å². The number of aromatic nitrogens is 4. The topological polar surface area (TPSA) is 106 Å². The number of hydrogen-bond acceptors (Lipinski definition) is 6. The number of anilines is 1. The number of tetrazole rings is 1. The van der Waals surface area contributed by atoms with Crippen molar-refractivity contribution in [2.24, 2.45) is 0 Å². The minimum atomic E-state index is -0.982. The first-order valence-electron chi connectivity index (χ1n) is 12.6. The maximum Gasteiger partial charge on any atom is 0.251 e. The first kappa shape index (κ1) is 24.4. The SMILES string of the molecule is Cc1ccc(-c2nnn(CC(=O)N(c3ccccc3C)[C@H](C(=O)NC3CCCC3)c3ccco3)n2)cc1. The minimum Gasteiger partial charge on any atom is -0.467 e. The van der Waals surface area contributed by atoms with Crippen molar-refractivity contribution in [1.29, 1.82) is 0 Å². The van der Waals surface area contributed by atoms with Gasteiger partial charge in [-0.1, -0.05) is 60.9 Å². The summed E-state index contributed by atoms with van der Waals surface area (Å²) in [5, 5.41) is 15.8. The summed E-state index contributed by atoms with van der Waals surface area (Å²) >= 11 is 0. The van der Waals surface area contributed by atoms with Gasteiger partial charge in [-0.3, -0.25) is 14.5 Å². The second-order valence-electron chi connectivity index (χ2n) is 9.47. The third kappa shape index (κ3) is 5.45. The van der Waals surface area contributed by atoms with Gasteiger partial charge in [-0.15, -0.1) is 10.2 Å². The Morgan fingerprint density at radius 1 is 1.05 bits per heavy atom. The van der Waals surface area contributed by atoms with Crippen LogP contribution in [0.5, 0.6) is 0 Å². The average Bonchev–Trinajstić information content (AvgIpc) is 3.67. The maximum absolute atomic E-state index is 13.9. The molecule has 0 saturated heterocycles. The molecule has 2 amide bonds. The van der Waals surface area contributed by atoms with Crippen LogP contribution in [0.4, 0.5) is 5.69 Å². The summed E-state index contributed by atoms with van der Waals surface area (Å²) in [6, 6.07) is 17.8. The smallest absolute Gasteiger partial charge is 0.251 e. The molecule has 1 saturated carbocycles. The van der Waals surface area contributed by atoms with Gasteiger partial charge < -0.3 is 9.73 Å². The molecule has 1 atom stereocenters. The molecule has 1 aliphatic carbocycles. The molecule has 0 aliphatic heterocycles. The Morgan fingerprint density at radius 2 is 1.81 bits per heavy atom. The normalized spacial score (nSPS) is 14.4. The second kappa shape index (κ2) is 10.8. The van der Waals surface area contributed by atoms with Gasteiger partial charge in [-0.25, -0.2) is 0 Å². The highest BCUT2D eigenvalue weighted by Crippen LogP contribution is 2.32. The van der Waals surface area contributed by atoms with Crippen LogP contribution >= 0.6 is 0 Å². The maximum atomic E-state index is 13.9.